The first kappa shape index (κ1) is 17.0. The number of anilines is 1. The van der Waals surface area contributed by atoms with Gasteiger partial charge in [0.2, 0.25) is 0 Å². The van der Waals surface area contributed by atoms with E-state index in [4.69, 9.17) is 9.15 Å². The van der Waals surface area contributed by atoms with Gasteiger partial charge in [0.1, 0.15) is 12.4 Å². The molecule has 0 saturated carbocycles. The highest BCUT2D eigenvalue weighted by Gasteiger charge is 2.12. The molecule has 0 saturated heterocycles. The van der Waals surface area contributed by atoms with E-state index in [1.165, 1.54) is 6.07 Å². The topological polar surface area (TPSA) is 84.3 Å². The van der Waals surface area contributed by atoms with Crippen LogP contribution >= 0.6 is 0 Å². The van der Waals surface area contributed by atoms with Crippen LogP contribution < -0.4 is 10.7 Å². The number of aromatic amines is 1. The van der Waals surface area contributed by atoms with Crippen molar-refractivity contribution in [3.8, 4) is 0 Å². The van der Waals surface area contributed by atoms with Gasteiger partial charge in [-0.15, -0.1) is 0 Å². The highest BCUT2D eigenvalue weighted by Crippen LogP contribution is 2.17. The Balaban J connectivity index is 1.77. The van der Waals surface area contributed by atoms with E-state index in [1.807, 2.05) is 20.8 Å². The van der Waals surface area contributed by atoms with Gasteiger partial charge in [-0.05, 0) is 51.1 Å². The number of hydrogen-bond acceptors (Lipinski definition) is 4. The van der Waals surface area contributed by atoms with E-state index in [2.05, 4.69) is 10.3 Å². The Labute approximate surface area is 144 Å². The number of carbonyl (C=O) groups excluding carboxylic acids is 1. The fraction of sp³-hybridized carbons (Fsp3) is 0.263. The van der Waals surface area contributed by atoms with Crippen molar-refractivity contribution in [2.75, 3.05) is 5.32 Å². The number of furan rings is 1. The maximum Gasteiger partial charge on any atom is 0.291 e. The molecule has 0 unspecified atom stereocenters. The van der Waals surface area contributed by atoms with Crippen LogP contribution in [0.3, 0.4) is 0 Å². The Morgan fingerprint density at radius 3 is 2.80 bits per heavy atom. The van der Waals surface area contributed by atoms with Gasteiger partial charge in [0, 0.05) is 28.4 Å². The molecule has 6 nitrogen and oxygen atoms in total. The first-order valence-electron chi connectivity index (χ1n) is 8.08. The minimum Gasteiger partial charge on any atom is -0.453 e. The molecule has 0 aliphatic carbocycles. The summed E-state index contributed by atoms with van der Waals surface area (Å²) in [6, 6.07) is 10.0. The number of hydrogen-bond donors (Lipinski definition) is 2. The lowest BCUT2D eigenvalue weighted by Gasteiger charge is -2.06. The molecular weight excluding hydrogens is 320 g/mol. The molecule has 1 aromatic carbocycles. The van der Waals surface area contributed by atoms with Crippen LogP contribution in [0.1, 0.15) is 35.9 Å². The van der Waals surface area contributed by atoms with Gasteiger partial charge in [-0.1, -0.05) is 0 Å². The van der Waals surface area contributed by atoms with Gasteiger partial charge in [-0.2, -0.15) is 0 Å². The predicted molar refractivity (Wildman–Crippen MR) is 95.9 cm³/mol. The third-order valence-electron chi connectivity index (χ3n) is 3.67. The summed E-state index contributed by atoms with van der Waals surface area (Å²) in [5, 5.41) is 3.27. The van der Waals surface area contributed by atoms with Crippen molar-refractivity contribution in [3.63, 3.8) is 0 Å². The lowest BCUT2D eigenvalue weighted by molar-refractivity contribution is 0.0537. The molecule has 0 bridgehead atoms. The summed E-state index contributed by atoms with van der Waals surface area (Å²) >= 11 is 0. The summed E-state index contributed by atoms with van der Waals surface area (Å²) in [7, 11) is 0. The average molecular weight is 340 g/mol. The van der Waals surface area contributed by atoms with Crippen LogP contribution in [-0.2, 0) is 11.3 Å². The number of rotatable bonds is 5. The van der Waals surface area contributed by atoms with Gasteiger partial charge in [-0.25, -0.2) is 0 Å². The minimum atomic E-state index is -0.376. The Bertz CT molecular complexity index is 969. The monoisotopic (exact) mass is 340 g/mol. The number of pyridine rings is 1. The van der Waals surface area contributed by atoms with Crippen LogP contribution in [0.2, 0.25) is 0 Å². The number of benzene rings is 1. The van der Waals surface area contributed by atoms with Gasteiger partial charge in [0.05, 0.1) is 6.10 Å². The maximum atomic E-state index is 12.3. The van der Waals surface area contributed by atoms with Gasteiger partial charge < -0.3 is 19.5 Å². The summed E-state index contributed by atoms with van der Waals surface area (Å²) in [6.07, 6.45) is 0.0849. The number of fused-ring (bicyclic) bond motifs is 1. The molecule has 2 N–H and O–H groups in total. The zero-order valence-electron chi connectivity index (χ0n) is 14.4. The predicted octanol–water partition coefficient (Wildman–Crippen LogP) is 3.61. The second kappa shape index (κ2) is 6.94. The molecule has 0 aliphatic rings. The second-order valence-corrected chi connectivity index (χ2v) is 6.16. The quantitative estimate of drug-likeness (QED) is 0.743. The van der Waals surface area contributed by atoms with E-state index in [0.717, 1.165) is 11.2 Å². The van der Waals surface area contributed by atoms with Gasteiger partial charge in [0.15, 0.2) is 11.2 Å². The molecule has 0 fully saturated rings. The first-order valence-corrected chi connectivity index (χ1v) is 8.08. The van der Waals surface area contributed by atoms with E-state index in [9.17, 15) is 9.59 Å². The van der Waals surface area contributed by atoms with Crippen LogP contribution in [0.25, 0.3) is 10.9 Å². The van der Waals surface area contributed by atoms with Crippen molar-refractivity contribution in [1.82, 2.24) is 4.98 Å². The molecule has 2 heterocycles. The van der Waals surface area contributed by atoms with Crippen LogP contribution in [0.15, 0.2) is 45.6 Å². The number of amides is 1. The minimum absolute atomic E-state index is 0.0849. The normalized spacial score (nSPS) is 11.2. The van der Waals surface area contributed by atoms with E-state index in [1.54, 1.807) is 30.3 Å². The van der Waals surface area contributed by atoms with E-state index in [-0.39, 0.29) is 23.2 Å². The van der Waals surface area contributed by atoms with Crippen molar-refractivity contribution in [2.24, 2.45) is 0 Å². The zero-order chi connectivity index (χ0) is 18.0. The fourth-order valence-electron chi connectivity index (χ4n) is 2.48. The molecule has 3 aromatic rings. The maximum absolute atomic E-state index is 12.3. The first-order chi connectivity index (χ1) is 11.9. The number of aromatic nitrogens is 1. The molecule has 130 valence electrons. The fourth-order valence-corrected chi connectivity index (χ4v) is 2.48. The van der Waals surface area contributed by atoms with Gasteiger partial charge in [0.25, 0.3) is 5.91 Å². The van der Waals surface area contributed by atoms with Crippen molar-refractivity contribution in [3.05, 3.63) is 63.8 Å². The van der Waals surface area contributed by atoms with E-state index in [0.29, 0.717) is 23.4 Å². The van der Waals surface area contributed by atoms with Crippen molar-refractivity contribution in [1.29, 1.82) is 0 Å². The van der Waals surface area contributed by atoms with E-state index >= 15 is 0 Å². The summed E-state index contributed by atoms with van der Waals surface area (Å²) in [6.45, 7) is 6.00. The molecule has 3 rings (SSSR count). The highest BCUT2D eigenvalue weighted by molar-refractivity contribution is 6.03. The third-order valence-corrected chi connectivity index (χ3v) is 3.67. The lowest BCUT2D eigenvalue weighted by atomic mass is 10.1. The van der Waals surface area contributed by atoms with Crippen LogP contribution in [0.5, 0.6) is 0 Å². The lowest BCUT2D eigenvalue weighted by Crippen LogP contribution is -2.11. The Kier molecular flexibility index (Phi) is 4.72. The van der Waals surface area contributed by atoms with Gasteiger partial charge in [-0.3, -0.25) is 9.59 Å². The van der Waals surface area contributed by atoms with Crippen molar-refractivity contribution in [2.45, 2.75) is 33.5 Å². The Morgan fingerprint density at radius 2 is 2.04 bits per heavy atom. The summed E-state index contributed by atoms with van der Waals surface area (Å²) in [4.78, 5) is 27.5. The SMILES string of the molecule is Cc1cc(=O)c2cc(NC(=O)c3ccc(COC(C)C)o3)ccc2[nH]1. The molecule has 0 aliphatic heterocycles. The zero-order valence-corrected chi connectivity index (χ0v) is 14.4. The number of aryl methyl sites for hydroxylation is 1. The third kappa shape index (κ3) is 3.97. The van der Waals surface area contributed by atoms with E-state index < -0.39 is 0 Å². The number of carbonyl (C=O) groups is 1. The second-order valence-electron chi connectivity index (χ2n) is 6.16. The van der Waals surface area contributed by atoms with Crippen molar-refractivity contribution >= 4 is 22.5 Å². The Hall–Kier alpha value is -2.86. The molecule has 2 aromatic heterocycles. The van der Waals surface area contributed by atoms with Gasteiger partial charge >= 0.3 is 0 Å². The number of ether oxygens (including phenoxy) is 1. The molecular formula is C19H20N2O4. The summed E-state index contributed by atoms with van der Waals surface area (Å²) in [5.41, 5.74) is 1.96. The average Bonchev–Trinajstić information content (AvgIpc) is 3.02. The molecule has 0 spiro atoms. The van der Waals surface area contributed by atoms with Crippen molar-refractivity contribution < 1.29 is 13.9 Å². The van der Waals surface area contributed by atoms with Crippen LogP contribution in [0, 0.1) is 6.92 Å². The smallest absolute Gasteiger partial charge is 0.291 e. The van der Waals surface area contributed by atoms with Crippen LogP contribution in [0.4, 0.5) is 5.69 Å². The molecule has 6 heteroatoms. The largest absolute Gasteiger partial charge is 0.453 e. The standard InChI is InChI=1S/C19H20N2O4/c1-11(2)24-10-14-5-7-18(25-14)19(23)21-13-4-6-16-15(9-13)17(22)8-12(3)20-16/h4-9,11H,10H2,1-3H3,(H,20,22)(H,21,23). The molecule has 0 atom stereocenters. The summed E-state index contributed by atoms with van der Waals surface area (Å²) < 4.78 is 10.9. The molecule has 1 amide bonds. The molecule has 0 radical (unpaired) electrons. The number of nitrogens with one attached hydrogen (secondary N) is 2. The highest BCUT2D eigenvalue weighted by atomic mass is 16.5. The Morgan fingerprint density at radius 1 is 1.24 bits per heavy atom. The number of H-pyrrole nitrogens is 1. The summed E-state index contributed by atoms with van der Waals surface area (Å²) in [5.74, 6) is 0.406. The van der Waals surface area contributed by atoms with Crippen LogP contribution in [-0.4, -0.2) is 17.0 Å². The molecule has 25 heavy (non-hydrogen) atoms.